The van der Waals surface area contributed by atoms with E-state index >= 15 is 0 Å². The van der Waals surface area contributed by atoms with Gasteiger partial charge < -0.3 is 24.7 Å². The molecule has 0 bridgehead atoms. The number of benzene rings is 2. The molecule has 14 heteroatoms. The number of fused-ring (bicyclic) bond motifs is 2. The number of rotatable bonds is 9. The van der Waals surface area contributed by atoms with Gasteiger partial charge in [0.2, 0.25) is 5.88 Å². The molecular formula is C31H32N6O7S. The van der Waals surface area contributed by atoms with Gasteiger partial charge >= 0.3 is 5.69 Å². The van der Waals surface area contributed by atoms with E-state index in [9.17, 15) is 23.3 Å². The molecule has 7 rings (SSSR count). The van der Waals surface area contributed by atoms with Crippen LogP contribution < -0.4 is 24.4 Å². The summed E-state index contributed by atoms with van der Waals surface area (Å²) >= 11 is 0. The Morgan fingerprint density at radius 1 is 1.02 bits per heavy atom. The number of nitro groups is 1. The number of pyridine rings is 1. The van der Waals surface area contributed by atoms with Gasteiger partial charge in [0.25, 0.3) is 15.9 Å². The fraction of sp³-hybridized carbons (Fsp3) is 0.355. The highest BCUT2D eigenvalue weighted by molar-refractivity contribution is 7.90. The molecule has 1 amide bonds. The summed E-state index contributed by atoms with van der Waals surface area (Å²) < 4.78 is 40.6. The Hall–Kier alpha value is -4.69. The Kier molecular flexibility index (Phi) is 7.53. The first-order valence-electron chi connectivity index (χ1n) is 15.0. The van der Waals surface area contributed by atoms with Crippen molar-refractivity contribution in [3.8, 4) is 11.6 Å². The first-order chi connectivity index (χ1) is 21.7. The number of para-hydroxylation sites is 1. The first-order valence-corrected chi connectivity index (χ1v) is 16.5. The predicted molar refractivity (Wildman–Crippen MR) is 166 cm³/mol. The number of anilines is 2. The number of H-pyrrole nitrogens is 1. The SMILES string of the molecule is O=C(NS(=O)(=O)c1ccc(OC2CCC(NC3CC3)CC2)c([N+](=O)[O-])c1)c1ccccc1N1CCOc2nc3[nH]ccc3cc21. The molecular weight excluding hydrogens is 600 g/mol. The zero-order valence-corrected chi connectivity index (χ0v) is 25.1. The lowest BCUT2D eigenvalue weighted by molar-refractivity contribution is -0.386. The smallest absolute Gasteiger partial charge is 0.312 e. The standard InChI is InChI=1S/C31H32N6O7S/c38-30(24-3-1-2-4-25(24)36-15-16-43-31-27(36)17-19-13-14-32-29(19)34-31)35-45(41,42)23-11-12-28(26(18-23)37(39)40)44-22-9-7-21(8-10-22)33-20-5-6-20/h1-4,11-14,17-18,20-22,33H,5-10,15-16H2,(H,32,34)(H,35,38). The first kappa shape index (κ1) is 29.0. The minimum atomic E-state index is -4.48. The molecule has 0 atom stereocenters. The number of hydrogen-bond donors (Lipinski definition) is 3. The van der Waals surface area contributed by atoms with Crippen molar-refractivity contribution in [2.45, 2.75) is 61.6 Å². The van der Waals surface area contributed by atoms with Crippen LogP contribution >= 0.6 is 0 Å². The topological polar surface area (TPSA) is 169 Å². The summed E-state index contributed by atoms with van der Waals surface area (Å²) in [5, 5.41) is 16.4. The van der Waals surface area contributed by atoms with Gasteiger partial charge in [-0.1, -0.05) is 12.1 Å². The van der Waals surface area contributed by atoms with Crippen molar-refractivity contribution < 1.29 is 27.6 Å². The Balaban J connectivity index is 1.10. The van der Waals surface area contributed by atoms with Crippen LogP contribution in [0, 0.1) is 10.1 Å². The van der Waals surface area contributed by atoms with Crippen LogP contribution in [0.2, 0.25) is 0 Å². The third-order valence-electron chi connectivity index (χ3n) is 8.45. The van der Waals surface area contributed by atoms with Gasteiger partial charge in [-0.3, -0.25) is 14.9 Å². The summed E-state index contributed by atoms with van der Waals surface area (Å²) in [5.74, 6) is -0.490. The lowest BCUT2D eigenvalue weighted by Gasteiger charge is -2.31. The molecule has 2 aromatic heterocycles. The van der Waals surface area contributed by atoms with E-state index in [1.54, 1.807) is 24.4 Å². The summed E-state index contributed by atoms with van der Waals surface area (Å²) in [6.07, 6.45) is 7.31. The Morgan fingerprint density at radius 3 is 2.53 bits per heavy atom. The number of nitrogens with zero attached hydrogens (tertiary/aromatic N) is 3. The number of ether oxygens (including phenoxy) is 2. The molecule has 2 fully saturated rings. The molecule has 3 aliphatic rings. The number of nitro benzene ring substituents is 1. The lowest BCUT2D eigenvalue weighted by Crippen LogP contribution is -2.37. The van der Waals surface area contributed by atoms with Crippen LogP contribution in [0.4, 0.5) is 17.1 Å². The van der Waals surface area contributed by atoms with E-state index < -0.39 is 31.4 Å². The van der Waals surface area contributed by atoms with Crippen LogP contribution in [0.15, 0.2) is 65.7 Å². The van der Waals surface area contributed by atoms with Gasteiger partial charge in [-0.15, -0.1) is 0 Å². The summed E-state index contributed by atoms with van der Waals surface area (Å²) in [7, 11) is -4.48. The molecule has 3 heterocycles. The van der Waals surface area contributed by atoms with Gasteiger partial charge in [-0.25, -0.2) is 13.1 Å². The summed E-state index contributed by atoms with van der Waals surface area (Å²) in [6.45, 7) is 0.700. The summed E-state index contributed by atoms with van der Waals surface area (Å²) in [5.41, 5.74) is 1.38. The van der Waals surface area contributed by atoms with Crippen molar-refractivity contribution in [3.05, 3.63) is 76.5 Å². The molecule has 0 saturated heterocycles. The van der Waals surface area contributed by atoms with Crippen LogP contribution in [0.25, 0.3) is 11.0 Å². The zero-order valence-electron chi connectivity index (χ0n) is 24.3. The van der Waals surface area contributed by atoms with E-state index in [0.717, 1.165) is 37.1 Å². The predicted octanol–water partition coefficient (Wildman–Crippen LogP) is 4.56. The molecule has 234 valence electrons. The van der Waals surface area contributed by atoms with E-state index in [1.807, 2.05) is 17.0 Å². The maximum absolute atomic E-state index is 13.5. The largest absolute Gasteiger partial charge is 0.484 e. The number of aromatic amines is 1. The fourth-order valence-electron chi connectivity index (χ4n) is 6.01. The molecule has 0 radical (unpaired) electrons. The average molecular weight is 633 g/mol. The highest BCUT2D eigenvalue weighted by Gasteiger charge is 2.31. The second-order valence-electron chi connectivity index (χ2n) is 11.6. The Morgan fingerprint density at radius 2 is 1.78 bits per heavy atom. The average Bonchev–Trinajstić information content (AvgIpc) is 3.74. The summed E-state index contributed by atoms with van der Waals surface area (Å²) in [4.78, 5) is 33.8. The van der Waals surface area contributed by atoms with Gasteiger partial charge in [-0.2, -0.15) is 4.98 Å². The maximum Gasteiger partial charge on any atom is 0.312 e. The maximum atomic E-state index is 13.5. The number of hydrogen-bond acceptors (Lipinski definition) is 10. The number of amides is 1. The molecule has 13 nitrogen and oxygen atoms in total. The lowest BCUT2D eigenvalue weighted by atomic mass is 9.93. The van der Waals surface area contributed by atoms with Gasteiger partial charge in [0.05, 0.1) is 33.7 Å². The van der Waals surface area contributed by atoms with Crippen molar-refractivity contribution in [1.29, 1.82) is 0 Å². The second kappa shape index (κ2) is 11.7. The van der Waals surface area contributed by atoms with E-state index in [0.29, 0.717) is 48.1 Å². The van der Waals surface area contributed by atoms with Crippen molar-refractivity contribution in [2.75, 3.05) is 18.1 Å². The van der Waals surface area contributed by atoms with Crippen molar-refractivity contribution in [1.82, 2.24) is 20.0 Å². The van der Waals surface area contributed by atoms with Crippen LogP contribution in [0.5, 0.6) is 11.6 Å². The molecule has 3 N–H and O–H groups in total. The fourth-order valence-corrected chi connectivity index (χ4v) is 7.00. The van der Waals surface area contributed by atoms with Gasteiger partial charge in [0.15, 0.2) is 5.75 Å². The number of carbonyl (C=O) groups excluding carboxylic acids is 1. The van der Waals surface area contributed by atoms with Crippen molar-refractivity contribution in [2.24, 2.45) is 0 Å². The minimum absolute atomic E-state index is 0.00495. The van der Waals surface area contributed by atoms with Crippen molar-refractivity contribution >= 4 is 44.0 Å². The third kappa shape index (κ3) is 6.02. The van der Waals surface area contributed by atoms with E-state index in [2.05, 4.69) is 20.0 Å². The summed E-state index contributed by atoms with van der Waals surface area (Å²) in [6, 6.07) is 14.9. The van der Waals surface area contributed by atoms with Gasteiger partial charge in [0.1, 0.15) is 17.9 Å². The van der Waals surface area contributed by atoms with Crippen molar-refractivity contribution in [3.63, 3.8) is 0 Å². The molecule has 45 heavy (non-hydrogen) atoms. The van der Waals surface area contributed by atoms with Gasteiger partial charge in [0, 0.05) is 29.7 Å². The number of carbonyl (C=O) groups is 1. The minimum Gasteiger partial charge on any atom is -0.484 e. The Labute approximate surface area is 259 Å². The number of aromatic nitrogens is 2. The molecule has 2 aromatic carbocycles. The highest BCUT2D eigenvalue weighted by Crippen LogP contribution is 2.39. The third-order valence-corrected chi connectivity index (χ3v) is 9.77. The van der Waals surface area contributed by atoms with Gasteiger partial charge in [-0.05, 0) is 74.9 Å². The van der Waals surface area contributed by atoms with Crippen LogP contribution in [0.3, 0.4) is 0 Å². The molecule has 1 aliphatic heterocycles. The number of sulfonamides is 1. The second-order valence-corrected chi connectivity index (χ2v) is 13.3. The highest BCUT2D eigenvalue weighted by atomic mass is 32.2. The van der Waals surface area contributed by atoms with Crippen LogP contribution in [-0.2, 0) is 10.0 Å². The van der Waals surface area contributed by atoms with E-state index in [-0.39, 0.29) is 17.4 Å². The monoisotopic (exact) mass is 632 g/mol. The number of nitrogens with one attached hydrogen (secondary N) is 3. The zero-order chi connectivity index (χ0) is 31.1. The molecule has 0 spiro atoms. The van der Waals surface area contributed by atoms with E-state index in [1.165, 1.54) is 31.0 Å². The molecule has 0 unspecified atom stereocenters. The quantitative estimate of drug-likeness (QED) is 0.176. The van der Waals surface area contributed by atoms with Crippen LogP contribution in [0.1, 0.15) is 48.9 Å². The molecule has 4 aromatic rings. The molecule has 2 aliphatic carbocycles. The van der Waals surface area contributed by atoms with Crippen LogP contribution in [-0.4, -0.2) is 60.6 Å². The molecule has 2 saturated carbocycles. The van der Waals surface area contributed by atoms with E-state index in [4.69, 9.17) is 9.47 Å². The normalized spacial score (nSPS) is 19.9. The Bertz CT molecular complexity index is 1880.